The Balaban J connectivity index is 2.49. The van der Waals surface area contributed by atoms with E-state index < -0.39 is 0 Å². The maximum Gasteiger partial charge on any atom is 0.100 e. The molecule has 0 saturated heterocycles. The summed E-state index contributed by atoms with van der Waals surface area (Å²) in [4.78, 5) is 0.300. The average molecular weight is 159 g/mol. The average Bonchev–Trinajstić information content (AvgIpc) is 1.69. The van der Waals surface area contributed by atoms with Crippen molar-refractivity contribution in [3.63, 3.8) is 0 Å². The maximum atomic E-state index is 3.32. The summed E-state index contributed by atoms with van der Waals surface area (Å²) >= 11 is 3.32. The summed E-state index contributed by atoms with van der Waals surface area (Å²) in [5.41, 5.74) is 0. The molecule has 1 heterocycles. The Bertz CT molecular complexity index is 107. The quantitative estimate of drug-likeness (QED) is 0.413. The first-order chi connectivity index (χ1) is 3.39. The smallest absolute Gasteiger partial charge is 0.100 e. The van der Waals surface area contributed by atoms with Gasteiger partial charge < -0.3 is 5.32 Å². The zero-order valence-corrected chi connectivity index (χ0v) is 5.27. The highest BCUT2D eigenvalue weighted by Crippen LogP contribution is 1.99. The van der Waals surface area contributed by atoms with E-state index in [9.17, 15) is 0 Å². The van der Waals surface area contributed by atoms with Crippen molar-refractivity contribution < 1.29 is 0 Å². The van der Waals surface area contributed by atoms with Crippen LogP contribution in [-0.2, 0) is 0 Å². The molecule has 7 heavy (non-hydrogen) atoms. The number of hydrogen-bond donors (Lipinski definition) is 1. The molecule has 0 aromatic carbocycles. The largest absolute Gasteiger partial charge is 0.375 e. The van der Waals surface area contributed by atoms with E-state index >= 15 is 0 Å². The number of rotatable bonds is 0. The summed E-state index contributed by atoms with van der Waals surface area (Å²) in [6.07, 6.45) is 8.49. The van der Waals surface area contributed by atoms with Gasteiger partial charge in [-0.25, -0.2) is 0 Å². The summed E-state index contributed by atoms with van der Waals surface area (Å²) in [7, 11) is 0. The first-order valence-electron chi connectivity index (χ1n) is 2.04. The molecule has 1 atom stereocenters. The van der Waals surface area contributed by atoms with Gasteiger partial charge in [-0.2, -0.15) is 0 Å². The molecule has 1 aliphatic heterocycles. The SMILES string of the molecule is BrC1C=C[C]=CN1. The maximum absolute atomic E-state index is 3.32. The second-order valence-electron chi connectivity index (χ2n) is 1.24. The Labute approximate surface area is 51.2 Å². The van der Waals surface area contributed by atoms with E-state index in [0.717, 1.165) is 0 Å². The predicted molar refractivity (Wildman–Crippen MR) is 32.8 cm³/mol. The van der Waals surface area contributed by atoms with Gasteiger partial charge in [-0.1, -0.05) is 28.1 Å². The third kappa shape index (κ3) is 1.35. The highest BCUT2D eigenvalue weighted by atomic mass is 79.9. The standard InChI is InChI=1S/C5H5BrN/c6-5-3-1-2-4-7-5/h1,3-5,7H. The molecule has 0 spiro atoms. The molecule has 1 rings (SSSR count). The van der Waals surface area contributed by atoms with Gasteiger partial charge in [0, 0.05) is 6.20 Å². The minimum atomic E-state index is 0.300. The lowest BCUT2D eigenvalue weighted by Gasteiger charge is -2.04. The molecule has 1 radical (unpaired) electrons. The summed E-state index contributed by atoms with van der Waals surface area (Å²) < 4.78 is 0. The lowest BCUT2D eigenvalue weighted by molar-refractivity contribution is 0.922. The fraction of sp³-hybridized carbons (Fsp3) is 0.200. The van der Waals surface area contributed by atoms with Crippen molar-refractivity contribution >= 4 is 15.9 Å². The number of halogens is 1. The Kier molecular flexibility index (Phi) is 1.52. The normalized spacial score (nSPS) is 27.3. The molecule has 0 bridgehead atoms. The van der Waals surface area contributed by atoms with Crippen LogP contribution in [0.15, 0.2) is 18.4 Å². The third-order valence-electron chi connectivity index (χ3n) is 0.687. The van der Waals surface area contributed by atoms with E-state index in [2.05, 4.69) is 27.3 Å². The Hall–Kier alpha value is -0.240. The molecule has 0 saturated carbocycles. The number of dihydropyridines is 1. The van der Waals surface area contributed by atoms with E-state index in [-0.39, 0.29) is 0 Å². The number of alkyl halides is 1. The van der Waals surface area contributed by atoms with Crippen molar-refractivity contribution in [1.82, 2.24) is 5.32 Å². The highest BCUT2D eigenvalue weighted by molar-refractivity contribution is 9.09. The van der Waals surface area contributed by atoms with Crippen molar-refractivity contribution in [3.05, 3.63) is 24.4 Å². The molecule has 0 aromatic heterocycles. The van der Waals surface area contributed by atoms with Crippen LogP contribution >= 0.6 is 15.9 Å². The van der Waals surface area contributed by atoms with Gasteiger partial charge in [0.05, 0.1) is 0 Å². The highest BCUT2D eigenvalue weighted by Gasteiger charge is 1.93. The van der Waals surface area contributed by atoms with E-state index in [1.807, 2.05) is 12.2 Å². The number of nitrogens with one attached hydrogen (secondary N) is 1. The molecule has 0 aliphatic carbocycles. The van der Waals surface area contributed by atoms with Gasteiger partial charge in [0.25, 0.3) is 0 Å². The fourth-order valence-corrected chi connectivity index (χ4v) is 0.656. The minimum absolute atomic E-state index is 0.300. The molecule has 1 unspecified atom stereocenters. The van der Waals surface area contributed by atoms with Crippen molar-refractivity contribution in [1.29, 1.82) is 0 Å². The van der Waals surface area contributed by atoms with Gasteiger partial charge in [-0.3, -0.25) is 0 Å². The lowest BCUT2D eigenvalue weighted by atomic mass is 10.4. The van der Waals surface area contributed by atoms with Crippen molar-refractivity contribution in [2.75, 3.05) is 0 Å². The second-order valence-corrected chi connectivity index (χ2v) is 2.23. The van der Waals surface area contributed by atoms with Crippen LogP contribution in [0.4, 0.5) is 0 Å². The lowest BCUT2D eigenvalue weighted by Crippen LogP contribution is -2.15. The molecule has 1 N–H and O–H groups in total. The Morgan fingerprint density at radius 2 is 2.57 bits per heavy atom. The number of allylic oxidation sites excluding steroid dienone is 2. The van der Waals surface area contributed by atoms with E-state index in [0.29, 0.717) is 4.95 Å². The van der Waals surface area contributed by atoms with Crippen LogP contribution in [0.25, 0.3) is 0 Å². The van der Waals surface area contributed by atoms with Crippen LogP contribution in [0.5, 0.6) is 0 Å². The first-order valence-corrected chi connectivity index (χ1v) is 2.96. The zero-order chi connectivity index (χ0) is 5.11. The van der Waals surface area contributed by atoms with E-state index in [4.69, 9.17) is 0 Å². The number of hydrogen-bond acceptors (Lipinski definition) is 1. The van der Waals surface area contributed by atoms with Crippen LogP contribution in [0.3, 0.4) is 0 Å². The van der Waals surface area contributed by atoms with Gasteiger partial charge in [0.1, 0.15) is 4.95 Å². The van der Waals surface area contributed by atoms with E-state index in [1.54, 1.807) is 6.20 Å². The summed E-state index contributed by atoms with van der Waals surface area (Å²) in [6, 6.07) is 0. The molecule has 2 heteroatoms. The van der Waals surface area contributed by atoms with Crippen LogP contribution < -0.4 is 5.32 Å². The van der Waals surface area contributed by atoms with E-state index in [1.165, 1.54) is 0 Å². The molecule has 1 nitrogen and oxygen atoms in total. The second kappa shape index (κ2) is 2.17. The monoisotopic (exact) mass is 158 g/mol. The first kappa shape index (κ1) is 4.91. The molecule has 0 aromatic rings. The Morgan fingerprint density at radius 1 is 1.71 bits per heavy atom. The molecule has 1 aliphatic rings. The van der Waals surface area contributed by atoms with Crippen LogP contribution in [-0.4, -0.2) is 4.95 Å². The van der Waals surface area contributed by atoms with Crippen molar-refractivity contribution in [3.8, 4) is 0 Å². The van der Waals surface area contributed by atoms with Gasteiger partial charge in [0.2, 0.25) is 0 Å². The molecular weight excluding hydrogens is 154 g/mol. The zero-order valence-electron chi connectivity index (χ0n) is 3.69. The van der Waals surface area contributed by atoms with Crippen molar-refractivity contribution in [2.24, 2.45) is 0 Å². The minimum Gasteiger partial charge on any atom is -0.375 e. The third-order valence-corrected chi connectivity index (χ3v) is 1.26. The van der Waals surface area contributed by atoms with Gasteiger partial charge in [0.15, 0.2) is 0 Å². The molecule has 37 valence electrons. The summed E-state index contributed by atoms with van der Waals surface area (Å²) in [5, 5.41) is 2.98. The Morgan fingerprint density at radius 3 is 2.86 bits per heavy atom. The van der Waals surface area contributed by atoms with Gasteiger partial charge >= 0.3 is 0 Å². The molecule has 0 fully saturated rings. The van der Waals surface area contributed by atoms with Crippen molar-refractivity contribution in [2.45, 2.75) is 4.95 Å². The van der Waals surface area contributed by atoms with Crippen LogP contribution in [0.2, 0.25) is 0 Å². The van der Waals surface area contributed by atoms with Crippen LogP contribution in [0.1, 0.15) is 0 Å². The fourth-order valence-electron chi connectivity index (χ4n) is 0.371. The van der Waals surface area contributed by atoms with Gasteiger partial charge in [-0.15, -0.1) is 0 Å². The summed E-state index contributed by atoms with van der Waals surface area (Å²) in [5.74, 6) is 0. The molecular formula is C5H5BrN. The summed E-state index contributed by atoms with van der Waals surface area (Å²) in [6.45, 7) is 0. The molecule has 0 amide bonds. The van der Waals surface area contributed by atoms with Crippen LogP contribution in [0, 0.1) is 6.08 Å². The van der Waals surface area contributed by atoms with Gasteiger partial charge in [-0.05, 0) is 6.08 Å². The topological polar surface area (TPSA) is 12.0 Å². The predicted octanol–water partition coefficient (Wildman–Crippen LogP) is 1.18.